The van der Waals surface area contributed by atoms with Gasteiger partial charge in [-0.2, -0.15) is 0 Å². The van der Waals surface area contributed by atoms with Gasteiger partial charge in [-0.1, -0.05) is 25.8 Å². The normalized spacial score (nSPS) is 10.2. The van der Waals surface area contributed by atoms with Crippen LogP contribution in [-0.4, -0.2) is 50.6 Å². The first-order chi connectivity index (χ1) is 11.5. The highest BCUT2D eigenvalue weighted by Crippen LogP contribution is 2.27. The molecule has 0 aliphatic rings. The number of unbranched alkanes of at least 4 members (excludes halogenated alkanes) is 2. The van der Waals surface area contributed by atoms with E-state index in [0.717, 1.165) is 25.8 Å². The Morgan fingerprint density at radius 2 is 1.71 bits per heavy atom. The van der Waals surface area contributed by atoms with E-state index in [-0.39, 0.29) is 11.8 Å². The molecule has 0 spiro atoms. The van der Waals surface area contributed by atoms with Crippen molar-refractivity contribution in [3.05, 3.63) is 23.8 Å². The smallest absolute Gasteiger partial charge is 0.258 e. The first-order valence-electron chi connectivity index (χ1n) is 8.29. The van der Waals surface area contributed by atoms with Crippen molar-refractivity contribution in [3.63, 3.8) is 0 Å². The third-order valence-corrected chi connectivity index (χ3v) is 3.80. The minimum Gasteiger partial charge on any atom is -0.496 e. The first kappa shape index (κ1) is 19.8. The highest BCUT2D eigenvalue weighted by molar-refractivity contribution is 5.99. The number of methoxy groups -OCH3 is 2. The van der Waals surface area contributed by atoms with Crippen molar-refractivity contribution in [3.8, 4) is 11.5 Å². The number of carbonyl (C=O) groups excluding carboxylic acids is 2. The molecule has 0 bridgehead atoms. The minimum atomic E-state index is -0.277. The van der Waals surface area contributed by atoms with Crippen molar-refractivity contribution in [2.45, 2.75) is 33.1 Å². The highest BCUT2D eigenvalue weighted by Gasteiger charge is 2.18. The van der Waals surface area contributed by atoms with E-state index in [2.05, 4.69) is 12.2 Å². The molecule has 1 aromatic rings. The lowest BCUT2D eigenvalue weighted by Crippen LogP contribution is -2.38. The van der Waals surface area contributed by atoms with Crippen molar-refractivity contribution in [1.29, 1.82) is 0 Å². The number of amides is 2. The van der Waals surface area contributed by atoms with Crippen LogP contribution in [0.4, 0.5) is 0 Å². The largest absolute Gasteiger partial charge is 0.496 e. The molecule has 0 unspecified atom stereocenters. The molecule has 134 valence electrons. The second-order valence-corrected chi connectivity index (χ2v) is 5.51. The predicted molar refractivity (Wildman–Crippen MR) is 93.7 cm³/mol. The van der Waals surface area contributed by atoms with Gasteiger partial charge in [-0.15, -0.1) is 0 Å². The summed E-state index contributed by atoms with van der Waals surface area (Å²) in [6.45, 7) is 5.26. The lowest BCUT2D eigenvalue weighted by Gasteiger charge is -2.21. The van der Waals surface area contributed by atoms with E-state index in [1.165, 1.54) is 14.2 Å². The van der Waals surface area contributed by atoms with Crippen LogP contribution in [0.5, 0.6) is 11.5 Å². The van der Waals surface area contributed by atoms with Crippen LogP contribution in [0, 0.1) is 0 Å². The van der Waals surface area contributed by atoms with Gasteiger partial charge in [0.25, 0.3) is 5.91 Å². The number of nitrogens with zero attached hydrogens (tertiary/aromatic N) is 1. The van der Waals surface area contributed by atoms with E-state index >= 15 is 0 Å². The first-order valence-corrected chi connectivity index (χ1v) is 8.29. The van der Waals surface area contributed by atoms with Crippen molar-refractivity contribution in [1.82, 2.24) is 10.2 Å². The molecule has 0 heterocycles. The van der Waals surface area contributed by atoms with Crippen LogP contribution in [0.15, 0.2) is 18.2 Å². The van der Waals surface area contributed by atoms with E-state index in [9.17, 15) is 9.59 Å². The van der Waals surface area contributed by atoms with E-state index in [1.807, 2.05) is 0 Å². The fourth-order valence-electron chi connectivity index (χ4n) is 2.45. The molecule has 0 radical (unpaired) electrons. The summed E-state index contributed by atoms with van der Waals surface area (Å²) >= 11 is 0. The van der Waals surface area contributed by atoms with Crippen LogP contribution in [0.3, 0.4) is 0 Å². The lowest BCUT2D eigenvalue weighted by molar-refractivity contribution is -0.128. The molecular formula is C18H28N2O4. The van der Waals surface area contributed by atoms with Crippen LogP contribution in [0.2, 0.25) is 0 Å². The zero-order valence-electron chi connectivity index (χ0n) is 15.1. The van der Waals surface area contributed by atoms with Gasteiger partial charge in [-0.3, -0.25) is 9.59 Å². The van der Waals surface area contributed by atoms with Gasteiger partial charge in [0.1, 0.15) is 17.1 Å². The second-order valence-electron chi connectivity index (χ2n) is 5.51. The van der Waals surface area contributed by atoms with Crippen molar-refractivity contribution >= 4 is 11.8 Å². The molecule has 0 aliphatic carbocycles. The Hall–Kier alpha value is -2.24. The molecule has 1 rings (SSSR count). The summed E-state index contributed by atoms with van der Waals surface area (Å²) in [5.74, 6) is 0.660. The molecule has 0 aromatic heterocycles. The third kappa shape index (κ3) is 5.76. The van der Waals surface area contributed by atoms with Gasteiger partial charge in [0, 0.05) is 26.6 Å². The van der Waals surface area contributed by atoms with Crippen LogP contribution in [0.25, 0.3) is 0 Å². The fraction of sp³-hybridized carbons (Fsp3) is 0.556. The maximum Gasteiger partial charge on any atom is 0.258 e. The van der Waals surface area contributed by atoms with E-state index in [0.29, 0.717) is 30.2 Å². The van der Waals surface area contributed by atoms with Crippen molar-refractivity contribution in [2.75, 3.05) is 33.9 Å². The highest BCUT2D eigenvalue weighted by atomic mass is 16.5. The standard InChI is InChI=1S/C18H28N2O4/c1-5-6-7-12-20(14(2)21)13-11-19-18(22)17-15(23-3)9-8-10-16(17)24-4/h8-10H,5-7,11-13H2,1-4H3,(H,19,22). The summed E-state index contributed by atoms with van der Waals surface area (Å²) in [5, 5.41) is 2.83. The van der Waals surface area contributed by atoms with E-state index in [4.69, 9.17) is 9.47 Å². The zero-order valence-corrected chi connectivity index (χ0v) is 15.1. The minimum absolute atomic E-state index is 0.0234. The molecule has 0 fully saturated rings. The molecule has 6 heteroatoms. The van der Waals surface area contributed by atoms with Crippen molar-refractivity contribution < 1.29 is 19.1 Å². The molecule has 2 amide bonds. The summed E-state index contributed by atoms with van der Waals surface area (Å²) in [7, 11) is 3.02. The number of nitrogens with one attached hydrogen (secondary N) is 1. The summed E-state index contributed by atoms with van der Waals surface area (Å²) in [5.41, 5.74) is 0.364. The van der Waals surface area contributed by atoms with Gasteiger partial charge in [0.05, 0.1) is 14.2 Å². The third-order valence-electron chi connectivity index (χ3n) is 3.80. The SMILES string of the molecule is CCCCCN(CCNC(=O)c1c(OC)cccc1OC)C(C)=O. The maximum absolute atomic E-state index is 12.4. The number of hydrogen-bond acceptors (Lipinski definition) is 4. The summed E-state index contributed by atoms with van der Waals surface area (Å²) < 4.78 is 10.5. The lowest BCUT2D eigenvalue weighted by atomic mass is 10.1. The van der Waals surface area contributed by atoms with Gasteiger partial charge in [-0.25, -0.2) is 0 Å². The number of rotatable bonds is 10. The molecule has 6 nitrogen and oxygen atoms in total. The topological polar surface area (TPSA) is 67.9 Å². The monoisotopic (exact) mass is 336 g/mol. The molecule has 0 saturated carbocycles. The van der Waals surface area contributed by atoms with Gasteiger partial charge in [0.2, 0.25) is 5.91 Å². The fourth-order valence-corrected chi connectivity index (χ4v) is 2.45. The van der Waals surface area contributed by atoms with E-state index < -0.39 is 0 Å². The summed E-state index contributed by atoms with van der Waals surface area (Å²) in [4.78, 5) is 25.9. The summed E-state index contributed by atoms with van der Waals surface area (Å²) in [6, 6.07) is 5.19. The Morgan fingerprint density at radius 3 is 2.21 bits per heavy atom. The number of hydrogen-bond donors (Lipinski definition) is 1. The Labute approximate surface area is 144 Å². The second kappa shape index (κ2) is 10.5. The molecule has 0 saturated heterocycles. The number of carbonyl (C=O) groups is 2. The van der Waals surface area contributed by atoms with Crippen LogP contribution in [-0.2, 0) is 4.79 Å². The Bertz CT molecular complexity index is 524. The number of ether oxygens (including phenoxy) is 2. The molecule has 1 aromatic carbocycles. The van der Waals surface area contributed by atoms with Crippen LogP contribution < -0.4 is 14.8 Å². The Morgan fingerprint density at radius 1 is 1.08 bits per heavy atom. The molecule has 0 aliphatic heterocycles. The van der Waals surface area contributed by atoms with Crippen molar-refractivity contribution in [2.24, 2.45) is 0 Å². The van der Waals surface area contributed by atoms with Crippen LogP contribution >= 0.6 is 0 Å². The Balaban J connectivity index is 2.64. The average Bonchev–Trinajstić information content (AvgIpc) is 2.59. The van der Waals surface area contributed by atoms with Gasteiger partial charge < -0.3 is 19.7 Å². The maximum atomic E-state index is 12.4. The molecule has 24 heavy (non-hydrogen) atoms. The molecular weight excluding hydrogens is 308 g/mol. The quantitative estimate of drug-likeness (QED) is 0.667. The number of benzene rings is 1. The predicted octanol–water partition coefficient (Wildman–Crippen LogP) is 2.47. The molecule has 1 N–H and O–H groups in total. The molecule has 0 atom stereocenters. The average molecular weight is 336 g/mol. The zero-order chi connectivity index (χ0) is 17.9. The van der Waals surface area contributed by atoms with Crippen LogP contribution in [0.1, 0.15) is 43.5 Å². The van der Waals surface area contributed by atoms with Gasteiger partial charge in [-0.05, 0) is 18.6 Å². The van der Waals surface area contributed by atoms with Gasteiger partial charge in [0.15, 0.2) is 0 Å². The van der Waals surface area contributed by atoms with E-state index in [1.54, 1.807) is 30.0 Å². The summed E-state index contributed by atoms with van der Waals surface area (Å²) in [6.07, 6.45) is 3.18. The van der Waals surface area contributed by atoms with Gasteiger partial charge >= 0.3 is 0 Å². The Kier molecular flexibility index (Phi) is 8.68.